The van der Waals surface area contributed by atoms with E-state index in [9.17, 15) is 5.11 Å². The summed E-state index contributed by atoms with van der Waals surface area (Å²) in [7, 11) is 1.66. The van der Waals surface area contributed by atoms with Crippen LogP contribution in [0, 0.1) is 13.8 Å². The van der Waals surface area contributed by atoms with E-state index in [0.717, 1.165) is 16.9 Å². The van der Waals surface area contributed by atoms with E-state index in [0.29, 0.717) is 11.0 Å². The molecule has 1 aromatic carbocycles. The maximum absolute atomic E-state index is 10.2. The summed E-state index contributed by atoms with van der Waals surface area (Å²) >= 11 is 1.76. The molecule has 1 rings (SSSR count). The lowest BCUT2D eigenvalue weighted by atomic mass is 10.0. The van der Waals surface area contributed by atoms with E-state index in [1.165, 1.54) is 5.56 Å². The Morgan fingerprint density at radius 1 is 1.29 bits per heavy atom. The van der Waals surface area contributed by atoms with Gasteiger partial charge in [0, 0.05) is 11.3 Å². The summed E-state index contributed by atoms with van der Waals surface area (Å²) in [6.45, 7) is 8.35. The minimum atomic E-state index is -0.461. The molecule has 0 radical (unpaired) electrons. The number of hydrogen-bond acceptors (Lipinski definition) is 3. The number of hydrogen-bond donors (Lipinski definition) is 1. The fraction of sp³-hybridized carbons (Fsp3) is 0.571. The Hall–Kier alpha value is -0.670. The van der Waals surface area contributed by atoms with Crippen molar-refractivity contribution in [3.63, 3.8) is 0 Å². The first-order chi connectivity index (χ1) is 7.97. The highest BCUT2D eigenvalue weighted by molar-refractivity contribution is 7.99. The van der Waals surface area contributed by atoms with Gasteiger partial charge >= 0.3 is 0 Å². The molecule has 1 unspecified atom stereocenters. The van der Waals surface area contributed by atoms with Crippen molar-refractivity contribution < 1.29 is 9.84 Å². The van der Waals surface area contributed by atoms with Gasteiger partial charge in [0.05, 0.1) is 13.2 Å². The normalized spacial score (nSPS) is 12.9. The van der Waals surface area contributed by atoms with Crippen LogP contribution < -0.4 is 4.74 Å². The molecule has 0 aliphatic heterocycles. The van der Waals surface area contributed by atoms with Gasteiger partial charge in [-0.25, -0.2) is 0 Å². The second-order valence-electron chi connectivity index (χ2n) is 4.53. The van der Waals surface area contributed by atoms with E-state index in [4.69, 9.17) is 4.74 Å². The number of ether oxygens (including phenoxy) is 1. The molecule has 1 N–H and O–H groups in total. The molecule has 0 fully saturated rings. The number of rotatable bonds is 5. The lowest BCUT2D eigenvalue weighted by molar-refractivity contribution is 0.198. The summed E-state index contributed by atoms with van der Waals surface area (Å²) in [6.07, 6.45) is -0.461. The van der Waals surface area contributed by atoms with Crippen molar-refractivity contribution >= 4 is 11.8 Å². The largest absolute Gasteiger partial charge is 0.496 e. The SMILES string of the molecule is COc1c(C(O)CSC(C)C)ccc(C)c1C. The topological polar surface area (TPSA) is 29.5 Å². The summed E-state index contributed by atoms with van der Waals surface area (Å²) in [5.74, 6) is 1.53. The highest BCUT2D eigenvalue weighted by Gasteiger charge is 2.16. The van der Waals surface area contributed by atoms with E-state index in [1.54, 1.807) is 18.9 Å². The van der Waals surface area contributed by atoms with Crippen LogP contribution in [0.1, 0.15) is 36.6 Å². The summed E-state index contributed by atoms with van der Waals surface area (Å²) in [5.41, 5.74) is 3.19. The van der Waals surface area contributed by atoms with Gasteiger partial charge in [0.25, 0.3) is 0 Å². The maximum atomic E-state index is 10.2. The monoisotopic (exact) mass is 254 g/mol. The molecule has 0 saturated heterocycles. The Balaban J connectivity index is 2.93. The van der Waals surface area contributed by atoms with Gasteiger partial charge in [-0.3, -0.25) is 0 Å². The quantitative estimate of drug-likeness (QED) is 0.872. The van der Waals surface area contributed by atoms with Crippen LogP contribution in [-0.2, 0) is 0 Å². The van der Waals surface area contributed by atoms with Crippen molar-refractivity contribution in [2.45, 2.75) is 39.0 Å². The van der Waals surface area contributed by atoms with Crippen LogP contribution in [0.25, 0.3) is 0 Å². The number of aliphatic hydroxyl groups is 1. The van der Waals surface area contributed by atoms with Gasteiger partial charge in [-0.05, 0) is 30.2 Å². The number of aryl methyl sites for hydroxylation is 1. The molecule has 1 aromatic rings. The fourth-order valence-electron chi connectivity index (χ4n) is 1.72. The van der Waals surface area contributed by atoms with E-state index in [2.05, 4.69) is 20.8 Å². The van der Waals surface area contributed by atoms with Crippen LogP contribution in [0.3, 0.4) is 0 Å². The van der Waals surface area contributed by atoms with Crippen molar-refractivity contribution in [3.8, 4) is 5.75 Å². The first kappa shape index (κ1) is 14.4. The molecule has 0 aliphatic rings. The van der Waals surface area contributed by atoms with E-state index in [-0.39, 0.29) is 0 Å². The van der Waals surface area contributed by atoms with E-state index in [1.807, 2.05) is 19.1 Å². The molecule has 0 bridgehead atoms. The lowest BCUT2D eigenvalue weighted by Crippen LogP contribution is -2.06. The van der Waals surface area contributed by atoms with Crippen molar-refractivity contribution in [1.29, 1.82) is 0 Å². The minimum absolute atomic E-state index is 0.461. The first-order valence-electron chi connectivity index (χ1n) is 5.91. The molecular formula is C14H22O2S. The average Bonchev–Trinajstić information content (AvgIpc) is 2.29. The molecule has 0 amide bonds. The predicted octanol–water partition coefficient (Wildman–Crippen LogP) is 3.49. The number of thioether (sulfide) groups is 1. The van der Waals surface area contributed by atoms with Gasteiger partial charge in [-0.2, -0.15) is 11.8 Å². The molecule has 0 saturated carbocycles. The smallest absolute Gasteiger partial charge is 0.127 e. The maximum Gasteiger partial charge on any atom is 0.127 e. The van der Waals surface area contributed by atoms with Gasteiger partial charge in [0.1, 0.15) is 5.75 Å². The summed E-state index contributed by atoms with van der Waals surface area (Å²) in [5, 5.41) is 10.7. The predicted molar refractivity (Wildman–Crippen MR) is 75.0 cm³/mol. The number of aliphatic hydroxyl groups excluding tert-OH is 1. The van der Waals surface area contributed by atoms with E-state index < -0.39 is 6.10 Å². The highest BCUT2D eigenvalue weighted by atomic mass is 32.2. The summed E-state index contributed by atoms with van der Waals surface area (Å²) in [6, 6.07) is 4.00. The highest BCUT2D eigenvalue weighted by Crippen LogP contribution is 2.32. The number of benzene rings is 1. The van der Waals surface area contributed by atoms with Gasteiger partial charge in [0.2, 0.25) is 0 Å². The zero-order valence-electron chi connectivity index (χ0n) is 11.3. The minimum Gasteiger partial charge on any atom is -0.496 e. The molecule has 1 atom stereocenters. The van der Waals surface area contributed by atoms with Crippen LogP contribution in [-0.4, -0.2) is 23.2 Å². The Morgan fingerprint density at radius 2 is 1.94 bits per heavy atom. The summed E-state index contributed by atoms with van der Waals surface area (Å²) in [4.78, 5) is 0. The second kappa shape index (κ2) is 6.31. The third-order valence-corrected chi connectivity index (χ3v) is 4.03. The molecular weight excluding hydrogens is 232 g/mol. The zero-order chi connectivity index (χ0) is 13.0. The third-order valence-electron chi connectivity index (χ3n) is 2.86. The molecule has 17 heavy (non-hydrogen) atoms. The molecule has 96 valence electrons. The van der Waals surface area contributed by atoms with E-state index >= 15 is 0 Å². The zero-order valence-corrected chi connectivity index (χ0v) is 12.1. The van der Waals surface area contributed by atoms with Crippen LogP contribution in [0.2, 0.25) is 0 Å². The van der Waals surface area contributed by atoms with Gasteiger partial charge in [0.15, 0.2) is 0 Å². The molecule has 2 nitrogen and oxygen atoms in total. The fourth-order valence-corrected chi connectivity index (χ4v) is 2.46. The Labute approximate surface area is 108 Å². The third kappa shape index (κ3) is 3.65. The van der Waals surface area contributed by atoms with Crippen LogP contribution in [0.15, 0.2) is 12.1 Å². The van der Waals surface area contributed by atoms with Crippen molar-refractivity contribution in [3.05, 3.63) is 28.8 Å². The Morgan fingerprint density at radius 3 is 2.47 bits per heavy atom. The van der Waals surface area contributed by atoms with Gasteiger partial charge < -0.3 is 9.84 Å². The Bertz CT molecular complexity index is 375. The van der Waals surface area contributed by atoms with Crippen molar-refractivity contribution in [2.75, 3.05) is 12.9 Å². The standard InChI is InChI=1S/C14H22O2S/c1-9(2)17-8-13(15)12-7-6-10(3)11(4)14(12)16-5/h6-7,9,13,15H,8H2,1-5H3. The van der Waals surface area contributed by atoms with Crippen LogP contribution in [0.4, 0.5) is 0 Å². The van der Waals surface area contributed by atoms with Crippen molar-refractivity contribution in [2.24, 2.45) is 0 Å². The average molecular weight is 254 g/mol. The molecule has 0 heterocycles. The van der Waals surface area contributed by atoms with Crippen LogP contribution in [0.5, 0.6) is 5.75 Å². The van der Waals surface area contributed by atoms with Crippen molar-refractivity contribution in [1.82, 2.24) is 0 Å². The second-order valence-corrected chi connectivity index (χ2v) is 6.14. The van der Waals surface area contributed by atoms with Gasteiger partial charge in [-0.15, -0.1) is 0 Å². The molecule has 3 heteroatoms. The lowest BCUT2D eigenvalue weighted by Gasteiger charge is -2.18. The van der Waals surface area contributed by atoms with Crippen LogP contribution >= 0.6 is 11.8 Å². The molecule has 0 aliphatic carbocycles. The molecule has 0 spiro atoms. The van der Waals surface area contributed by atoms with Gasteiger partial charge in [-0.1, -0.05) is 26.0 Å². The Kier molecular flexibility index (Phi) is 5.34. The first-order valence-corrected chi connectivity index (χ1v) is 6.96. The number of methoxy groups -OCH3 is 1. The molecule has 0 aromatic heterocycles. The summed E-state index contributed by atoms with van der Waals surface area (Å²) < 4.78 is 5.42.